The topological polar surface area (TPSA) is 60.7 Å². The minimum absolute atomic E-state index is 0.0857. The summed E-state index contributed by atoms with van der Waals surface area (Å²) >= 11 is 0. The van der Waals surface area contributed by atoms with Crippen molar-refractivity contribution in [2.45, 2.75) is 52.1 Å². The molecular weight excluding hydrogens is 180 g/mol. The third kappa shape index (κ3) is 6.35. The lowest BCUT2D eigenvalue weighted by molar-refractivity contribution is -0.00106. The first-order valence-electron chi connectivity index (χ1n) is 5.27. The van der Waals surface area contributed by atoms with E-state index >= 15 is 0 Å². The van der Waals surface area contributed by atoms with Crippen LogP contribution in [0, 0.1) is 5.41 Å². The van der Waals surface area contributed by atoms with E-state index in [0.717, 1.165) is 19.3 Å². The average molecular weight is 204 g/mol. The average Bonchev–Trinajstić information content (AvgIpc) is 2.02. The SMILES string of the molecule is CC(C)(O)CC(C)(CO)CCCCO. The summed E-state index contributed by atoms with van der Waals surface area (Å²) < 4.78 is 0. The predicted octanol–water partition coefficient (Wildman–Crippen LogP) is 1.31. The minimum atomic E-state index is -0.739. The van der Waals surface area contributed by atoms with Crippen LogP contribution in [0.25, 0.3) is 0 Å². The fourth-order valence-electron chi connectivity index (χ4n) is 1.93. The van der Waals surface area contributed by atoms with Crippen LogP contribution in [0.15, 0.2) is 0 Å². The Kier molecular flexibility index (Phi) is 5.64. The molecule has 86 valence electrons. The summed E-state index contributed by atoms with van der Waals surface area (Å²) in [7, 11) is 0. The molecule has 3 nitrogen and oxygen atoms in total. The molecule has 0 saturated heterocycles. The molecule has 0 spiro atoms. The Morgan fingerprint density at radius 1 is 1.00 bits per heavy atom. The highest BCUT2D eigenvalue weighted by Crippen LogP contribution is 2.32. The lowest BCUT2D eigenvalue weighted by Gasteiger charge is -2.33. The molecule has 0 radical (unpaired) electrons. The molecule has 0 fully saturated rings. The summed E-state index contributed by atoms with van der Waals surface area (Å²) in [5.74, 6) is 0. The van der Waals surface area contributed by atoms with Crippen molar-refractivity contribution in [3.8, 4) is 0 Å². The van der Waals surface area contributed by atoms with E-state index in [1.165, 1.54) is 0 Å². The Bertz CT molecular complexity index is 151. The second-order valence-corrected chi connectivity index (χ2v) is 5.14. The molecule has 0 aromatic carbocycles. The molecule has 0 rings (SSSR count). The lowest BCUT2D eigenvalue weighted by Crippen LogP contribution is -2.33. The standard InChI is InChI=1S/C11H24O3/c1-10(2,14)8-11(3,9-13)6-4-5-7-12/h12-14H,4-9H2,1-3H3. The van der Waals surface area contributed by atoms with Gasteiger partial charge in [0.25, 0.3) is 0 Å². The maximum absolute atomic E-state index is 9.68. The molecule has 0 aliphatic rings. The van der Waals surface area contributed by atoms with Crippen molar-refractivity contribution in [3.05, 3.63) is 0 Å². The summed E-state index contributed by atoms with van der Waals surface area (Å²) in [6.45, 7) is 5.77. The molecule has 0 amide bonds. The molecule has 3 heteroatoms. The van der Waals surface area contributed by atoms with Crippen molar-refractivity contribution in [2.75, 3.05) is 13.2 Å². The van der Waals surface area contributed by atoms with Gasteiger partial charge >= 0.3 is 0 Å². The van der Waals surface area contributed by atoms with Crippen LogP contribution in [-0.2, 0) is 0 Å². The maximum atomic E-state index is 9.68. The molecule has 3 N–H and O–H groups in total. The first-order chi connectivity index (χ1) is 6.33. The van der Waals surface area contributed by atoms with E-state index in [2.05, 4.69) is 0 Å². The van der Waals surface area contributed by atoms with Gasteiger partial charge in [0.2, 0.25) is 0 Å². The molecule has 0 saturated carbocycles. The van der Waals surface area contributed by atoms with Crippen LogP contribution in [0.1, 0.15) is 46.5 Å². The molecule has 0 heterocycles. The van der Waals surface area contributed by atoms with E-state index in [0.29, 0.717) is 6.42 Å². The molecule has 0 aromatic rings. The molecule has 1 atom stereocenters. The molecule has 1 unspecified atom stereocenters. The number of aliphatic hydroxyl groups is 3. The zero-order valence-corrected chi connectivity index (χ0v) is 9.58. The number of hydrogen-bond acceptors (Lipinski definition) is 3. The number of hydrogen-bond donors (Lipinski definition) is 3. The summed E-state index contributed by atoms with van der Waals surface area (Å²) in [6.07, 6.45) is 3.08. The third-order valence-corrected chi connectivity index (χ3v) is 2.43. The normalized spacial score (nSPS) is 16.7. The van der Waals surface area contributed by atoms with Crippen LogP contribution < -0.4 is 0 Å². The zero-order valence-electron chi connectivity index (χ0n) is 9.58. The van der Waals surface area contributed by atoms with Gasteiger partial charge in [0.1, 0.15) is 0 Å². The van der Waals surface area contributed by atoms with Crippen LogP contribution in [0.2, 0.25) is 0 Å². The van der Waals surface area contributed by atoms with Gasteiger partial charge in [-0.15, -0.1) is 0 Å². The van der Waals surface area contributed by atoms with Gasteiger partial charge in [-0.05, 0) is 38.5 Å². The van der Waals surface area contributed by atoms with Crippen molar-refractivity contribution >= 4 is 0 Å². The second-order valence-electron chi connectivity index (χ2n) is 5.14. The smallest absolute Gasteiger partial charge is 0.0597 e. The fourth-order valence-corrected chi connectivity index (χ4v) is 1.93. The van der Waals surface area contributed by atoms with E-state index in [1.54, 1.807) is 13.8 Å². The van der Waals surface area contributed by atoms with Crippen LogP contribution in [-0.4, -0.2) is 34.1 Å². The Hall–Kier alpha value is -0.120. The van der Waals surface area contributed by atoms with Crippen LogP contribution in [0.3, 0.4) is 0 Å². The molecule has 0 aromatic heterocycles. The van der Waals surface area contributed by atoms with Gasteiger partial charge in [-0.3, -0.25) is 0 Å². The van der Waals surface area contributed by atoms with E-state index in [4.69, 9.17) is 5.11 Å². The maximum Gasteiger partial charge on any atom is 0.0597 e. The van der Waals surface area contributed by atoms with Gasteiger partial charge < -0.3 is 15.3 Å². The van der Waals surface area contributed by atoms with E-state index < -0.39 is 5.60 Å². The van der Waals surface area contributed by atoms with Crippen LogP contribution in [0.4, 0.5) is 0 Å². The summed E-state index contributed by atoms with van der Waals surface area (Å²) in [6, 6.07) is 0. The van der Waals surface area contributed by atoms with E-state index in [1.807, 2.05) is 6.92 Å². The van der Waals surface area contributed by atoms with Gasteiger partial charge in [0.15, 0.2) is 0 Å². The monoisotopic (exact) mass is 204 g/mol. The van der Waals surface area contributed by atoms with E-state index in [-0.39, 0.29) is 18.6 Å². The number of rotatable bonds is 7. The molecular formula is C11H24O3. The number of aliphatic hydroxyl groups excluding tert-OH is 2. The Balaban J connectivity index is 4.04. The highest BCUT2D eigenvalue weighted by Gasteiger charge is 2.30. The summed E-state index contributed by atoms with van der Waals surface area (Å²) in [5.41, 5.74) is -0.968. The summed E-state index contributed by atoms with van der Waals surface area (Å²) in [5, 5.41) is 27.6. The van der Waals surface area contributed by atoms with Crippen LogP contribution >= 0.6 is 0 Å². The van der Waals surface area contributed by atoms with Gasteiger partial charge in [-0.1, -0.05) is 13.3 Å². The molecule has 0 bridgehead atoms. The minimum Gasteiger partial charge on any atom is -0.396 e. The quantitative estimate of drug-likeness (QED) is 0.548. The van der Waals surface area contributed by atoms with Crippen LogP contribution in [0.5, 0.6) is 0 Å². The van der Waals surface area contributed by atoms with Gasteiger partial charge in [-0.25, -0.2) is 0 Å². The predicted molar refractivity (Wildman–Crippen MR) is 57.0 cm³/mol. The summed E-state index contributed by atoms with van der Waals surface area (Å²) in [4.78, 5) is 0. The fraction of sp³-hybridized carbons (Fsp3) is 1.00. The van der Waals surface area contributed by atoms with Gasteiger partial charge in [-0.2, -0.15) is 0 Å². The number of unbranched alkanes of at least 4 members (excludes halogenated alkanes) is 1. The Morgan fingerprint density at radius 2 is 1.57 bits per heavy atom. The highest BCUT2D eigenvalue weighted by atomic mass is 16.3. The van der Waals surface area contributed by atoms with Gasteiger partial charge in [0, 0.05) is 13.2 Å². The highest BCUT2D eigenvalue weighted by molar-refractivity contribution is 4.81. The largest absolute Gasteiger partial charge is 0.396 e. The Labute approximate surface area is 86.8 Å². The van der Waals surface area contributed by atoms with E-state index in [9.17, 15) is 10.2 Å². The zero-order chi connectivity index (χ0) is 11.2. The first kappa shape index (κ1) is 13.9. The third-order valence-electron chi connectivity index (χ3n) is 2.43. The van der Waals surface area contributed by atoms with Crippen molar-refractivity contribution in [1.29, 1.82) is 0 Å². The lowest BCUT2D eigenvalue weighted by atomic mass is 9.77. The first-order valence-corrected chi connectivity index (χ1v) is 5.27. The van der Waals surface area contributed by atoms with Crippen molar-refractivity contribution in [1.82, 2.24) is 0 Å². The van der Waals surface area contributed by atoms with Crippen molar-refractivity contribution in [3.63, 3.8) is 0 Å². The van der Waals surface area contributed by atoms with Gasteiger partial charge in [0.05, 0.1) is 5.60 Å². The van der Waals surface area contributed by atoms with Crippen molar-refractivity contribution < 1.29 is 15.3 Å². The molecule has 14 heavy (non-hydrogen) atoms. The Morgan fingerprint density at radius 3 is 1.93 bits per heavy atom. The second kappa shape index (κ2) is 5.69. The molecule has 0 aliphatic heterocycles. The molecule has 0 aliphatic carbocycles. The van der Waals surface area contributed by atoms with Crippen molar-refractivity contribution in [2.24, 2.45) is 5.41 Å².